The van der Waals surface area contributed by atoms with Crippen LogP contribution in [-0.2, 0) is 10.0 Å². The highest BCUT2D eigenvalue weighted by Gasteiger charge is 2.26. The van der Waals surface area contributed by atoms with E-state index in [0.29, 0.717) is 18.7 Å². The van der Waals surface area contributed by atoms with Crippen LogP contribution in [0.15, 0.2) is 12.1 Å². The van der Waals surface area contributed by atoms with Crippen molar-refractivity contribution in [2.24, 2.45) is 0 Å². The van der Waals surface area contributed by atoms with Gasteiger partial charge in [-0.3, -0.25) is 9.52 Å². The van der Waals surface area contributed by atoms with E-state index in [1.807, 2.05) is 6.92 Å². The van der Waals surface area contributed by atoms with Gasteiger partial charge in [-0.25, -0.2) is 8.42 Å². The number of piperazine rings is 1. The lowest BCUT2D eigenvalue weighted by atomic mass is 10.1. The molecule has 1 amide bonds. The van der Waals surface area contributed by atoms with Gasteiger partial charge in [0.1, 0.15) is 0 Å². The molecule has 0 bridgehead atoms. The van der Waals surface area contributed by atoms with E-state index < -0.39 is 10.0 Å². The van der Waals surface area contributed by atoms with Gasteiger partial charge >= 0.3 is 0 Å². The van der Waals surface area contributed by atoms with Crippen LogP contribution < -0.4 is 19.5 Å². The number of nitrogens with one attached hydrogen (secondary N) is 2. The van der Waals surface area contributed by atoms with E-state index in [1.165, 1.54) is 20.3 Å². The van der Waals surface area contributed by atoms with E-state index in [2.05, 4.69) is 10.0 Å². The van der Waals surface area contributed by atoms with Gasteiger partial charge in [-0.1, -0.05) is 0 Å². The van der Waals surface area contributed by atoms with Gasteiger partial charge in [0.25, 0.3) is 5.91 Å². The van der Waals surface area contributed by atoms with Gasteiger partial charge in [-0.05, 0) is 19.1 Å². The van der Waals surface area contributed by atoms with Crippen molar-refractivity contribution in [2.75, 3.05) is 44.8 Å². The van der Waals surface area contributed by atoms with Crippen molar-refractivity contribution in [3.8, 4) is 11.5 Å². The SMILES string of the molecule is COc1cc(C(=O)N2CCNC[C@H]2C)cc(NS(C)(=O)=O)c1OC.Cl. The van der Waals surface area contributed by atoms with Gasteiger partial charge < -0.3 is 19.7 Å². The molecule has 0 saturated carbocycles. The summed E-state index contributed by atoms with van der Waals surface area (Å²) in [7, 11) is -0.691. The number of benzene rings is 1. The number of carbonyl (C=O) groups is 1. The fraction of sp³-hybridized carbons (Fsp3) is 0.533. The Labute approximate surface area is 154 Å². The van der Waals surface area contributed by atoms with Gasteiger partial charge in [-0.2, -0.15) is 0 Å². The number of sulfonamides is 1. The summed E-state index contributed by atoms with van der Waals surface area (Å²) < 4.78 is 36.0. The van der Waals surface area contributed by atoms with Crippen molar-refractivity contribution in [3.63, 3.8) is 0 Å². The van der Waals surface area contributed by atoms with Crippen LogP contribution in [0.3, 0.4) is 0 Å². The molecule has 1 aromatic carbocycles. The standard InChI is InChI=1S/C15H23N3O5S.ClH/c1-10-9-16-5-6-18(10)15(19)11-7-12(17-24(4,20)21)14(23-3)13(8-11)22-2;/h7-8,10,16-17H,5-6,9H2,1-4H3;1H/t10-;/m1./s1. The molecule has 1 saturated heterocycles. The molecule has 25 heavy (non-hydrogen) atoms. The Kier molecular flexibility index (Phi) is 7.33. The number of rotatable bonds is 5. The van der Waals surface area contributed by atoms with E-state index in [4.69, 9.17) is 9.47 Å². The number of halogens is 1. The van der Waals surface area contributed by atoms with Gasteiger partial charge in [0.15, 0.2) is 11.5 Å². The molecule has 10 heteroatoms. The smallest absolute Gasteiger partial charge is 0.254 e. The maximum Gasteiger partial charge on any atom is 0.254 e. The molecule has 1 fully saturated rings. The summed E-state index contributed by atoms with van der Waals surface area (Å²) in [5, 5.41) is 3.22. The first-order chi connectivity index (χ1) is 11.3. The van der Waals surface area contributed by atoms with Crippen molar-refractivity contribution in [1.82, 2.24) is 10.2 Å². The molecule has 2 N–H and O–H groups in total. The number of methoxy groups -OCH3 is 2. The zero-order valence-electron chi connectivity index (χ0n) is 14.7. The summed E-state index contributed by atoms with van der Waals surface area (Å²) >= 11 is 0. The minimum absolute atomic E-state index is 0. The number of hydrogen-bond acceptors (Lipinski definition) is 6. The second-order valence-electron chi connectivity index (χ2n) is 5.69. The number of carbonyl (C=O) groups excluding carboxylic acids is 1. The number of anilines is 1. The van der Waals surface area contributed by atoms with Crippen LogP contribution in [-0.4, -0.2) is 65.4 Å². The van der Waals surface area contributed by atoms with Crippen LogP contribution >= 0.6 is 12.4 Å². The van der Waals surface area contributed by atoms with E-state index in [0.717, 1.165) is 12.8 Å². The molecule has 1 aliphatic heterocycles. The summed E-state index contributed by atoms with van der Waals surface area (Å²) in [4.78, 5) is 14.6. The zero-order valence-corrected chi connectivity index (χ0v) is 16.3. The molecule has 0 unspecified atom stereocenters. The molecular weight excluding hydrogens is 370 g/mol. The first-order valence-electron chi connectivity index (χ1n) is 7.52. The molecule has 0 aromatic heterocycles. The third-order valence-electron chi connectivity index (χ3n) is 3.78. The molecule has 1 atom stereocenters. The molecular formula is C15H24ClN3O5S. The summed E-state index contributed by atoms with van der Waals surface area (Å²) in [6.45, 7) is 3.98. The third-order valence-corrected chi connectivity index (χ3v) is 4.37. The second kappa shape index (κ2) is 8.59. The third kappa shape index (κ3) is 5.13. The lowest BCUT2D eigenvalue weighted by Gasteiger charge is -2.34. The first kappa shape index (κ1) is 21.3. The second-order valence-corrected chi connectivity index (χ2v) is 7.43. The number of nitrogens with zero attached hydrogens (tertiary/aromatic N) is 1. The summed E-state index contributed by atoms with van der Waals surface area (Å²) in [5.74, 6) is 0.339. The minimum atomic E-state index is -3.53. The average molecular weight is 394 g/mol. The highest BCUT2D eigenvalue weighted by Crippen LogP contribution is 2.37. The van der Waals surface area contributed by atoms with E-state index >= 15 is 0 Å². The van der Waals surface area contributed by atoms with Crippen molar-refractivity contribution >= 4 is 34.0 Å². The maximum atomic E-state index is 12.8. The molecule has 0 spiro atoms. The van der Waals surface area contributed by atoms with Crippen molar-refractivity contribution in [1.29, 1.82) is 0 Å². The minimum Gasteiger partial charge on any atom is -0.493 e. The number of hydrogen-bond donors (Lipinski definition) is 2. The van der Waals surface area contributed by atoms with Crippen LogP contribution in [0.1, 0.15) is 17.3 Å². The molecule has 8 nitrogen and oxygen atoms in total. The molecule has 1 aromatic rings. The normalized spacial score (nSPS) is 17.4. The maximum absolute atomic E-state index is 12.8. The molecule has 0 aliphatic carbocycles. The van der Waals surface area contributed by atoms with E-state index in [1.54, 1.807) is 11.0 Å². The Morgan fingerprint density at radius 2 is 2.00 bits per heavy atom. The van der Waals surface area contributed by atoms with Crippen LogP contribution in [0.4, 0.5) is 5.69 Å². The fourth-order valence-electron chi connectivity index (χ4n) is 2.67. The Balaban J connectivity index is 0.00000312. The monoisotopic (exact) mass is 393 g/mol. The predicted molar refractivity (Wildman–Crippen MR) is 98.6 cm³/mol. The van der Waals surface area contributed by atoms with Gasteiger partial charge in [-0.15, -0.1) is 12.4 Å². The summed E-state index contributed by atoms with van der Waals surface area (Å²) in [6.07, 6.45) is 1.03. The Morgan fingerprint density at radius 1 is 1.32 bits per heavy atom. The van der Waals surface area contributed by atoms with Crippen LogP contribution in [0, 0.1) is 0 Å². The quantitative estimate of drug-likeness (QED) is 0.772. The zero-order chi connectivity index (χ0) is 17.9. The van der Waals surface area contributed by atoms with Gasteiger partial charge in [0, 0.05) is 31.2 Å². The number of amides is 1. The highest BCUT2D eigenvalue weighted by molar-refractivity contribution is 7.92. The van der Waals surface area contributed by atoms with Gasteiger partial charge in [0.2, 0.25) is 10.0 Å². The first-order valence-corrected chi connectivity index (χ1v) is 9.41. The van der Waals surface area contributed by atoms with Crippen molar-refractivity contribution in [3.05, 3.63) is 17.7 Å². The summed E-state index contributed by atoms with van der Waals surface area (Å²) in [6, 6.07) is 3.08. The molecule has 1 aliphatic rings. The van der Waals surface area contributed by atoms with E-state index in [-0.39, 0.29) is 41.5 Å². The van der Waals surface area contributed by atoms with Crippen molar-refractivity contribution in [2.45, 2.75) is 13.0 Å². The average Bonchev–Trinajstić information content (AvgIpc) is 2.52. The topological polar surface area (TPSA) is 97.0 Å². The largest absolute Gasteiger partial charge is 0.493 e. The van der Waals surface area contributed by atoms with Crippen molar-refractivity contribution < 1.29 is 22.7 Å². The van der Waals surface area contributed by atoms with Crippen LogP contribution in [0.5, 0.6) is 11.5 Å². The molecule has 1 heterocycles. The van der Waals surface area contributed by atoms with Crippen LogP contribution in [0.2, 0.25) is 0 Å². The fourth-order valence-corrected chi connectivity index (χ4v) is 3.22. The lowest BCUT2D eigenvalue weighted by Crippen LogP contribution is -2.52. The lowest BCUT2D eigenvalue weighted by molar-refractivity contribution is 0.0655. The van der Waals surface area contributed by atoms with Crippen LogP contribution in [0.25, 0.3) is 0 Å². The Morgan fingerprint density at radius 3 is 2.52 bits per heavy atom. The number of ether oxygens (including phenoxy) is 2. The molecule has 0 radical (unpaired) electrons. The molecule has 142 valence electrons. The Hall–Kier alpha value is -1.71. The summed E-state index contributed by atoms with van der Waals surface area (Å²) in [5.41, 5.74) is 0.512. The predicted octanol–water partition coefficient (Wildman–Crippen LogP) is 0.931. The van der Waals surface area contributed by atoms with E-state index in [9.17, 15) is 13.2 Å². The highest BCUT2D eigenvalue weighted by atomic mass is 35.5. The Bertz CT molecular complexity index is 726. The van der Waals surface area contributed by atoms with Gasteiger partial charge in [0.05, 0.1) is 26.2 Å². The molecule has 2 rings (SSSR count).